The van der Waals surface area contributed by atoms with Gasteiger partial charge < -0.3 is 10.0 Å². The van der Waals surface area contributed by atoms with Crippen LogP contribution in [0.2, 0.25) is 0 Å². The molecule has 0 fully saturated rings. The summed E-state index contributed by atoms with van der Waals surface area (Å²) in [6.07, 6.45) is -2.25. The molecule has 17 heavy (non-hydrogen) atoms. The van der Waals surface area contributed by atoms with Crippen molar-refractivity contribution in [2.45, 2.75) is 19.4 Å². The molecule has 6 heteroatoms. The van der Waals surface area contributed by atoms with Gasteiger partial charge in [0.15, 0.2) is 0 Å². The molecule has 3 nitrogen and oxygen atoms in total. The minimum absolute atomic E-state index is 0.0467. The second-order valence-electron chi connectivity index (χ2n) is 3.88. The van der Waals surface area contributed by atoms with Crippen LogP contribution in [-0.2, 0) is 17.8 Å². The van der Waals surface area contributed by atoms with Gasteiger partial charge in [-0.1, -0.05) is 0 Å². The lowest BCUT2D eigenvalue weighted by molar-refractivity contribution is -0.118. The van der Waals surface area contributed by atoms with E-state index in [1.165, 1.54) is 4.90 Å². The molecule has 1 heterocycles. The highest BCUT2D eigenvalue weighted by Crippen LogP contribution is 2.35. The Hall–Kier alpha value is -1.72. The lowest BCUT2D eigenvalue weighted by Gasteiger charge is -2.27. The lowest BCUT2D eigenvalue weighted by Crippen LogP contribution is -2.30. The minimum atomic E-state index is -2.96. The third-order valence-electron chi connectivity index (χ3n) is 2.88. The molecule has 0 saturated heterocycles. The van der Waals surface area contributed by atoms with E-state index in [1.54, 1.807) is 0 Å². The van der Waals surface area contributed by atoms with Crippen LogP contribution >= 0.6 is 0 Å². The zero-order valence-electron chi connectivity index (χ0n) is 8.79. The number of nitrogens with zero attached hydrogens (tertiary/aromatic N) is 1. The molecule has 1 aliphatic heterocycles. The van der Waals surface area contributed by atoms with E-state index in [0.29, 0.717) is 6.41 Å². The van der Waals surface area contributed by atoms with Gasteiger partial charge in [0.2, 0.25) is 6.41 Å². The fourth-order valence-corrected chi connectivity index (χ4v) is 1.98. The Morgan fingerprint density at radius 1 is 1.41 bits per heavy atom. The Bertz CT molecular complexity index is 463. The zero-order chi connectivity index (χ0) is 12.6. The number of halogens is 3. The van der Waals surface area contributed by atoms with Gasteiger partial charge in [0, 0.05) is 18.7 Å². The number of rotatable bonds is 2. The third kappa shape index (κ3) is 1.94. The van der Waals surface area contributed by atoms with E-state index in [4.69, 9.17) is 0 Å². The predicted molar refractivity (Wildman–Crippen MR) is 53.2 cm³/mol. The smallest absolute Gasteiger partial charge is 0.266 e. The molecule has 0 aliphatic carbocycles. The fourth-order valence-electron chi connectivity index (χ4n) is 1.98. The van der Waals surface area contributed by atoms with E-state index in [2.05, 4.69) is 0 Å². The summed E-state index contributed by atoms with van der Waals surface area (Å²) < 4.78 is 38.7. The van der Waals surface area contributed by atoms with Crippen LogP contribution in [0.15, 0.2) is 6.07 Å². The molecule has 0 aromatic heterocycles. The van der Waals surface area contributed by atoms with E-state index in [9.17, 15) is 23.1 Å². The van der Waals surface area contributed by atoms with Crippen LogP contribution < -0.4 is 0 Å². The number of alkyl halides is 2. The molecule has 92 valence electrons. The van der Waals surface area contributed by atoms with Gasteiger partial charge >= 0.3 is 0 Å². The molecule has 0 atom stereocenters. The van der Waals surface area contributed by atoms with Crippen LogP contribution in [0.3, 0.4) is 0 Å². The highest BCUT2D eigenvalue weighted by atomic mass is 19.3. The topological polar surface area (TPSA) is 40.5 Å². The van der Waals surface area contributed by atoms with Gasteiger partial charge in [-0.2, -0.15) is 0 Å². The number of benzene rings is 1. The Balaban J connectivity index is 2.51. The van der Waals surface area contributed by atoms with Gasteiger partial charge in [0.05, 0.1) is 5.56 Å². The normalized spacial score (nSPS) is 14.9. The summed E-state index contributed by atoms with van der Waals surface area (Å²) in [5.41, 5.74) is -0.496. The van der Waals surface area contributed by atoms with Crippen LogP contribution in [0.25, 0.3) is 0 Å². The summed E-state index contributed by atoms with van der Waals surface area (Å²) >= 11 is 0. The summed E-state index contributed by atoms with van der Waals surface area (Å²) in [6, 6.07) is 0.729. The number of amides is 1. The molecular weight excluding hydrogens is 235 g/mol. The number of hydrogen-bond acceptors (Lipinski definition) is 2. The molecule has 0 spiro atoms. The number of fused-ring (bicyclic) bond motifs is 1. The molecule has 0 unspecified atom stereocenters. The maximum absolute atomic E-state index is 13.7. The number of hydrogen-bond donors (Lipinski definition) is 1. The Morgan fingerprint density at radius 2 is 2.12 bits per heavy atom. The molecule has 2 rings (SSSR count). The van der Waals surface area contributed by atoms with Gasteiger partial charge in [-0.15, -0.1) is 0 Å². The highest BCUT2D eigenvalue weighted by Gasteiger charge is 2.26. The van der Waals surface area contributed by atoms with Gasteiger partial charge in [0.25, 0.3) is 6.43 Å². The first-order chi connectivity index (χ1) is 8.04. The van der Waals surface area contributed by atoms with Crippen LogP contribution in [-0.4, -0.2) is 23.0 Å². The molecule has 0 bridgehead atoms. The number of aromatic hydroxyl groups is 1. The van der Waals surface area contributed by atoms with Gasteiger partial charge in [-0.25, -0.2) is 13.2 Å². The van der Waals surface area contributed by atoms with E-state index in [1.807, 2.05) is 0 Å². The van der Waals surface area contributed by atoms with E-state index >= 15 is 0 Å². The van der Waals surface area contributed by atoms with Crippen molar-refractivity contribution in [3.8, 4) is 5.75 Å². The summed E-state index contributed by atoms with van der Waals surface area (Å²) in [6.45, 7) is 0.310. The number of carbonyl (C=O) groups excluding carboxylic acids is 1. The van der Waals surface area contributed by atoms with Crippen molar-refractivity contribution < 1.29 is 23.1 Å². The van der Waals surface area contributed by atoms with Gasteiger partial charge in [-0.05, 0) is 18.1 Å². The van der Waals surface area contributed by atoms with Crippen molar-refractivity contribution in [3.63, 3.8) is 0 Å². The van der Waals surface area contributed by atoms with Crippen molar-refractivity contribution in [1.29, 1.82) is 0 Å². The zero-order valence-corrected chi connectivity index (χ0v) is 8.79. The summed E-state index contributed by atoms with van der Waals surface area (Å²) in [4.78, 5) is 11.9. The number of carbonyl (C=O) groups is 1. The molecule has 1 aromatic rings. The molecule has 1 N–H and O–H groups in total. The van der Waals surface area contributed by atoms with Crippen LogP contribution in [0.4, 0.5) is 13.2 Å². The van der Waals surface area contributed by atoms with E-state index in [-0.39, 0.29) is 36.4 Å². The molecule has 1 aliphatic rings. The Labute approximate surface area is 95.5 Å². The standard InChI is InChI=1S/C11H10F3NO2/c12-10-6-1-2-15(5-16)4-8(6)9(17)3-7(10)11(13)14/h3,5,11,17H,1-2,4H2. The molecule has 0 saturated carbocycles. The lowest BCUT2D eigenvalue weighted by atomic mass is 9.95. The largest absolute Gasteiger partial charge is 0.508 e. The predicted octanol–water partition coefficient (Wildman–Crippen LogP) is 1.98. The van der Waals surface area contributed by atoms with Gasteiger partial charge in [0.1, 0.15) is 11.6 Å². The van der Waals surface area contributed by atoms with Crippen molar-refractivity contribution in [3.05, 3.63) is 28.6 Å². The van der Waals surface area contributed by atoms with Gasteiger partial charge in [-0.3, -0.25) is 4.79 Å². The van der Waals surface area contributed by atoms with E-state index < -0.39 is 17.8 Å². The molecule has 0 radical (unpaired) electrons. The van der Waals surface area contributed by atoms with Crippen molar-refractivity contribution in [2.75, 3.05) is 6.54 Å². The van der Waals surface area contributed by atoms with Crippen molar-refractivity contribution in [1.82, 2.24) is 4.90 Å². The average Bonchev–Trinajstić information content (AvgIpc) is 2.32. The second-order valence-corrected chi connectivity index (χ2v) is 3.88. The quantitative estimate of drug-likeness (QED) is 0.809. The monoisotopic (exact) mass is 245 g/mol. The van der Waals surface area contributed by atoms with Crippen LogP contribution in [0.1, 0.15) is 23.1 Å². The van der Waals surface area contributed by atoms with Crippen molar-refractivity contribution in [2.24, 2.45) is 0 Å². The minimum Gasteiger partial charge on any atom is -0.508 e. The van der Waals surface area contributed by atoms with E-state index in [0.717, 1.165) is 6.07 Å². The van der Waals surface area contributed by atoms with Crippen LogP contribution in [0, 0.1) is 5.82 Å². The summed E-state index contributed by atoms with van der Waals surface area (Å²) in [5, 5.41) is 9.58. The highest BCUT2D eigenvalue weighted by molar-refractivity contribution is 5.52. The fraction of sp³-hybridized carbons (Fsp3) is 0.364. The maximum Gasteiger partial charge on any atom is 0.266 e. The first kappa shape index (κ1) is 11.8. The number of phenolic OH excluding ortho intramolecular Hbond substituents is 1. The SMILES string of the molecule is O=CN1CCc2c(F)c(C(F)F)cc(O)c2C1. The number of phenols is 1. The van der Waals surface area contributed by atoms with Crippen molar-refractivity contribution >= 4 is 6.41 Å². The second kappa shape index (κ2) is 4.27. The Kier molecular flexibility index (Phi) is 2.95. The first-order valence-electron chi connectivity index (χ1n) is 5.05. The molecule has 1 aromatic carbocycles. The summed E-state index contributed by atoms with van der Waals surface area (Å²) in [5.74, 6) is -1.36. The molecule has 1 amide bonds. The maximum atomic E-state index is 13.7. The third-order valence-corrected chi connectivity index (χ3v) is 2.88. The van der Waals surface area contributed by atoms with Crippen LogP contribution in [0.5, 0.6) is 5.75 Å². The Morgan fingerprint density at radius 3 is 2.71 bits per heavy atom. The summed E-state index contributed by atoms with van der Waals surface area (Å²) in [7, 11) is 0. The molecular formula is C11H10F3NO2. The average molecular weight is 245 g/mol. The first-order valence-corrected chi connectivity index (χ1v) is 5.05.